The van der Waals surface area contributed by atoms with Crippen molar-refractivity contribution in [2.24, 2.45) is 0 Å². The summed E-state index contributed by atoms with van der Waals surface area (Å²) in [6, 6.07) is 3.95. The molecule has 0 aliphatic heterocycles. The first-order valence-electron chi connectivity index (χ1n) is 7.34. The van der Waals surface area contributed by atoms with Crippen LogP contribution in [0.15, 0.2) is 18.3 Å². The number of imidazole rings is 1. The number of aryl methyl sites for hydroxylation is 2. The molecule has 2 aromatic rings. The minimum atomic E-state index is -0.0894. The molecule has 0 radical (unpaired) electrons. The second kappa shape index (κ2) is 6.72. The number of pyridine rings is 1. The van der Waals surface area contributed by atoms with Crippen molar-refractivity contribution < 1.29 is 9.53 Å². The maximum atomic E-state index is 12.3. The van der Waals surface area contributed by atoms with Gasteiger partial charge in [0, 0.05) is 19.3 Å². The van der Waals surface area contributed by atoms with Crippen LogP contribution < -0.4 is 5.32 Å². The molecule has 0 saturated heterocycles. The average molecular weight is 289 g/mol. The zero-order valence-electron chi connectivity index (χ0n) is 13.1. The Bertz CT molecular complexity index is 632. The number of hydrogen-bond donors (Lipinski definition) is 1. The number of rotatable bonds is 6. The first kappa shape index (κ1) is 15.5. The van der Waals surface area contributed by atoms with Gasteiger partial charge in [0.2, 0.25) is 0 Å². The fourth-order valence-corrected chi connectivity index (χ4v) is 2.21. The van der Waals surface area contributed by atoms with Crippen molar-refractivity contribution in [2.75, 3.05) is 13.2 Å². The summed E-state index contributed by atoms with van der Waals surface area (Å²) in [5.41, 5.74) is 3.29. The van der Waals surface area contributed by atoms with Gasteiger partial charge in [0.05, 0.1) is 11.8 Å². The van der Waals surface area contributed by atoms with Gasteiger partial charge in [-0.25, -0.2) is 4.98 Å². The van der Waals surface area contributed by atoms with Gasteiger partial charge in [0.15, 0.2) is 0 Å². The molecule has 0 aliphatic rings. The summed E-state index contributed by atoms with van der Waals surface area (Å²) in [7, 11) is 0. The normalized spacial score (nSPS) is 11.3. The molecule has 5 heteroatoms. The van der Waals surface area contributed by atoms with Crippen molar-refractivity contribution in [3.63, 3.8) is 0 Å². The molecule has 1 amide bonds. The van der Waals surface area contributed by atoms with E-state index in [4.69, 9.17) is 4.74 Å². The van der Waals surface area contributed by atoms with E-state index < -0.39 is 0 Å². The molecule has 2 heterocycles. The van der Waals surface area contributed by atoms with Gasteiger partial charge in [-0.2, -0.15) is 0 Å². The van der Waals surface area contributed by atoms with Gasteiger partial charge in [-0.1, -0.05) is 0 Å². The van der Waals surface area contributed by atoms with Gasteiger partial charge in [-0.15, -0.1) is 0 Å². The Kier molecular flexibility index (Phi) is 4.96. The van der Waals surface area contributed by atoms with Gasteiger partial charge in [0.1, 0.15) is 11.3 Å². The van der Waals surface area contributed by atoms with E-state index in [1.165, 1.54) is 0 Å². The van der Waals surface area contributed by atoms with Crippen molar-refractivity contribution in [3.8, 4) is 0 Å². The fourth-order valence-electron chi connectivity index (χ4n) is 2.21. The molecule has 0 aromatic carbocycles. The second-order valence-corrected chi connectivity index (χ2v) is 5.51. The van der Waals surface area contributed by atoms with Crippen LogP contribution in [0.25, 0.3) is 5.65 Å². The van der Waals surface area contributed by atoms with Crippen LogP contribution in [0.1, 0.15) is 42.0 Å². The Morgan fingerprint density at radius 2 is 2.19 bits per heavy atom. The molecule has 0 spiro atoms. The molecule has 0 bridgehead atoms. The monoisotopic (exact) mass is 289 g/mol. The predicted octanol–water partition coefficient (Wildman–Crippen LogP) is 2.50. The molecule has 2 rings (SSSR count). The number of aromatic nitrogens is 2. The maximum absolute atomic E-state index is 12.3. The minimum absolute atomic E-state index is 0.0894. The highest BCUT2D eigenvalue weighted by Gasteiger charge is 2.15. The van der Waals surface area contributed by atoms with E-state index in [0.717, 1.165) is 23.3 Å². The number of ether oxygens (including phenoxy) is 1. The number of carbonyl (C=O) groups is 1. The molecule has 2 aromatic heterocycles. The van der Waals surface area contributed by atoms with E-state index >= 15 is 0 Å². The van der Waals surface area contributed by atoms with Crippen molar-refractivity contribution in [3.05, 3.63) is 35.3 Å². The molecule has 21 heavy (non-hydrogen) atoms. The summed E-state index contributed by atoms with van der Waals surface area (Å²) in [6.45, 7) is 9.13. The van der Waals surface area contributed by atoms with Crippen molar-refractivity contribution in [1.82, 2.24) is 14.7 Å². The highest BCUT2D eigenvalue weighted by atomic mass is 16.5. The standard InChI is InChI=1S/C16H23N3O2/c1-11(2)21-9-5-7-17-16(20)15-13(4)18-14-10-12(3)6-8-19(14)15/h6,8,10-11H,5,7,9H2,1-4H3,(H,17,20). The lowest BCUT2D eigenvalue weighted by Crippen LogP contribution is -2.27. The number of nitrogens with zero attached hydrogens (tertiary/aromatic N) is 2. The molecular formula is C16H23N3O2. The Balaban J connectivity index is 2.01. The zero-order valence-corrected chi connectivity index (χ0v) is 13.1. The highest BCUT2D eigenvalue weighted by Crippen LogP contribution is 2.13. The lowest BCUT2D eigenvalue weighted by molar-refractivity contribution is 0.0756. The summed E-state index contributed by atoms with van der Waals surface area (Å²) in [4.78, 5) is 16.7. The van der Waals surface area contributed by atoms with Crippen LogP contribution in [0.2, 0.25) is 0 Å². The van der Waals surface area contributed by atoms with Crippen LogP contribution in [0.4, 0.5) is 0 Å². The molecule has 0 fully saturated rings. The summed E-state index contributed by atoms with van der Waals surface area (Å²) in [6.07, 6.45) is 2.92. The lowest BCUT2D eigenvalue weighted by atomic mass is 10.3. The molecule has 0 atom stereocenters. The second-order valence-electron chi connectivity index (χ2n) is 5.51. The van der Waals surface area contributed by atoms with E-state index in [0.29, 0.717) is 18.8 Å². The molecule has 114 valence electrons. The zero-order chi connectivity index (χ0) is 15.4. The molecule has 1 N–H and O–H groups in total. The summed E-state index contributed by atoms with van der Waals surface area (Å²) < 4.78 is 7.29. The molecule has 0 saturated carbocycles. The van der Waals surface area contributed by atoms with Crippen LogP contribution >= 0.6 is 0 Å². The topological polar surface area (TPSA) is 55.6 Å². The Morgan fingerprint density at radius 1 is 1.43 bits per heavy atom. The van der Waals surface area contributed by atoms with Crippen LogP contribution in [-0.2, 0) is 4.74 Å². The number of nitrogens with one attached hydrogen (secondary N) is 1. The molecule has 0 aliphatic carbocycles. The van der Waals surface area contributed by atoms with Gasteiger partial charge in [-0.05, 0) is 51.8 Å². The lowest BCUT2D eigenvalue weighted by Gasteiger charge is -2.08. The van der Waals surface area contributed by atoms with E-state index in [2.05, 4.69) is 10.3 Å². The third-order valence-electron chi connectivity index (χ3n) is 3.23. The number of amides is 1. The number of carbonyl (C=O) groups excluding carboxylic acids is 1. The van der Waals surface area contributed by atoms with Crippen LogP contribution in [0.3, 0.4) is 0 Å². The van der Waals surface area contributed by atoms with E-state index in [-0.39, 0.29) is 12.0 Å². The van der Waals surface area contributed by atoms with Crippen LogP contribution in [0.5, 0.6) is 0 Å². The quantitative estimate of drug-likeness (QED) is 0.831. The van der Waals surface area contributed by atoms with Gasteiger partial charge >= 0.3 is 0 Å². The average Bonchev–Trinajstić information content (AvgIpc) is 2.72. The van der Waals surface area contributed by atoms with Gasteiger partial charge in [-0.3, -0.25) is 9.20 Å². The van der Waals surface area contributed by atoms with E-state index in [1.807, 2.05) is 50.4 Å². The SMILES string of the molecule is Cc1ccn2c(C(=O)NCCCOC(C)C)c(C)nc2c1. The van der Waals surface area contributed by atoms with Crippen molar-refractivity contribution in [2.45, 2.75) is 40.2 Å². The first-order valence-corrected chi connectivity index (χ1v) is 7.34. The van der Waals surface area contributed by atoms with Gasteiger partial charge < -0.3 is 10.1 Å². The number of fused-ring (bicyclic) bond motifs is 1. The van der Waals surface area contributed by atoms with Crippen LogP contribution in [-0.4, -0.2) is 34.5 Å². The van der Waals surface area contributed by atoms with E-state index in [9.17, 15) is 4.79 Å². The Morgan fingerprint density at radius 3 is 2.90 bits per heavy atom. The predicted molar refractivity (Wildman–Crippen MR) is 82.7 cm³/mol. The third kappa shape index (κ3) is 3.82. The summed E-state index contributed by atoms with van der Waals surface area (Å²) in [5.74, 6) is -0.0894. The van der Waals surface area contributed by atoms with E-state index in [1.54, 1.807) is 0 Å². The van der Waals surface area contributed by atoms with Crippen LogP contribution in [0, 0.1) is 13.8 Å². The molecular weight excluding hydrogens is 266 g/mol. The Hall–Kier alpha value is -1.88. The minimum Gasteiger partial charge on any atom is -0.379 e. The fraction of sp³-hybridized carbons (Fsp3) is 0.500. The molecule has 5 nitrogen and oxygen atoms in total. The highest BCUT2D eigenvalue weighted by molar-refractivity contribution is 5.94. The Labute approximate surface area is 125 Å². The van der Waals surface area contributed by atoms with Crippen molar-refractivity contribution >= 4 is 11.6 Å². The van der Waals surface area contributed by atoms with Crippen molar-refractivity contribution in [1.29, 1.82) is 0 Å². The maximum Gasteiger partial charge on any atom is 0.270 e. The third-order valence-corrected chi connectivity index (χ3v) is 3.23. The van der Waals surface area contributed by atoms with Gasteiger partial charge in [0.25, 0.3) is 5.91 Å². The molecule has 0 unspecified atom stereocenters. The summed E-state index contributed by atoms with van der Waals surface area (Å²) >= 11 is 0. The summed E-state index contributed by atoms with van der Waals surface area (Å²) in [5, 5.41) is 2.93. The first-order chi connectivity index (χ1) is 9.99. The largest absolute Gasteiger partial charge is 0.379 e. The number of hydrogen-bond acceptors (Lipinski definition) is 3. The smallest absolute Gasteiger partial charge is 0.270 e.